The van der Waals surface area contributed by atoms with E-state index in [1.807, 2.05) is 0 Å². The number of benzene rings is 2. The van der Waals surface area contributed by atoms with Crippen molar-refractivity contribution >= 4 is 10.0 Å². The highest BCUT2D eigenvalue weighted by molar-refractivity contribution is 7.89. The van der Waals surface area contributed by atoms with Gasteiger partial charge in [0.2, 0.25) is 10.0 Å². The molecule has 5 nitrogen and oxygen atoms in total. The molecule has 0 aliphatic heterocycles. The highest BCUT2D eigenvalue weighted by atomic mass is 32.2. The molecule has 0 aromatic heterocycles. The van der Waals surface area contributed by atoms with Crippen LogP contribution in [0.3, 0.4) is 0 Å². The van der Waals surface area contributed by atoms with Crippen molar-refractivity contribution in [1.82, 2.24) is 4.72 Å². The number of halogens is 1. The van der Waals surface area contributed by atoms with Gasteiger partial charge >= 0.3 is 0 Å². The molecule has 0 saturated heterocycles. The van der Waals surface area contributed by atoms with Crippen LogP contribution in [0.25, 0.3) is 0 Å². The molecule has 0 bridgehead atoms. The van der Waals surface area contributed by atoms with E-state index < -0.39 is 15.8 Å². The molecule has 2 aromatic rings. The van der Waals surface area contributed by atoms with Gasteiger partial charge in [-0.1, -0.05) is 18.2 Å². The first-order valence-corrected chi connectivity index (χ1v) is 8.33. The predicted molar refractivity (Wildman–Crippen MR) is 84.7 cm³/mol. The Morgan fingerprint density at radius 1 is 1.09 bits per heavy atom. The van der Waals surface area contributed by atoms with Gasteiger partial charge in [-0.05, 0) is 25.1 Å². The SMILES string of the molecule is COc1ccc(S(=O)(=O)NCc2ccccc2F)c(OC)c1C. The molecule has 0 aliphatic rings. The van der Waals surface area contributed by atoms with Crippen molar-refractivity contribution in [2.75, 3.05) is 14.2 Å². The van der Waals surface area contributed by atoms with Crippen LogP contribution in [-0.2, 0) is 16.6 Å². The van der Waals surface area contributed by atoms with Gasteiger partial charge in [0.1, 0.15) is 22.2 Å². The van der Waals surface area contributed by atoms with Gasteiger partial charge < -0.3 is 9.47 Å². The molecule has 0 amide bonds. The molecule has 0 spiro atoms. The minimum atomic E-state index is -3.86. The monoisotopic (exact) mass is 339 g/mol. The van der Waals surface area contributed by atoms with Gasteiger partial charge in [-0.3, -0.25) is 0 Å². The first-order valence-electron chi connectivity index (χ1n) is 6.85. The summed E-state index contributed by atoms with van der Waals surface area (Å²) in [6.45, 7) is 1.55. The molecule has 2 rings (SSSR count). The van der Waals surface area contributed by atoms with Crippen LogP contribution < -0.4 is 14.2 Å². The zero-order chi connectivity index (χ0) is 17.0. The van der Waals surface area contributed by atoms with Crippen LogP contribution in [0.2, 0.25) is 0 Å². The van der Waals surface area contributed by atoms with Crippen LogP contribution >= 0.6 is 0 Å². The molecule has 124 valence electrons. The van der Waals surface area contributed by atoms with Gasteiger partial charge in [0.25, 0.3) is 0 Å². The van der Waals surface area contributed by atoms with Gasteiger partial charge in [-0.25, -0.2) is 17.5 Å². The summed E-state index contributed by atoms with van der Waals surface area (Å²) in [6.07, 6.45) is 0. The molecule has 1 N–H and O–H groups in total. The highest BCUT2D eigenvalue weighted by Gasteiger charge is 2.22. The Labute approximate surface area is 135 Å². The molecule has 0 radical (unpaired) electrons. The lowest BCUT2D eigenvalue weighted by Gasteiger charge is -2.15. The summed E-state index contributed by atoms with van der Waals surface area (Å²) in [5, 5.41) is 0. The van der Waals surface area contributed by atoms with Crippen molar-refractivity contribution in [3.05, 3.63) is 53.3 Å². The summed E-state index contributed by atoms with van der Waals surface area (Å²) in [4.78, 5) is -0.0189. The van der Waals surface area contributed by atoms with Gasteiger partial charge in [0.15, 0.2) is 0 Å². The number of methoxy groups -OCH3 is 2. The number of nitrogens with one attached hydrogen (secondary N) is 1. The van der Waals surface area contributed by atoms with E-state index in [0.717, 1.165) is 0 Å². The average Bonchev–Trinajstić information content (AvgIpc) is 2.53. The molecule has 2 aromatic carbocycles. The number of hydrogen-bond donors (Lipinski definition) is 1. The van der Waals surface area contributed by atoms with E-state index in [9.17, 15) is 12.8 Å². The topological polar surface area (TPSA) is 64.6 Å². The number of ether oxygens (including phenoxy) is 2. The maximum absolute atomic E-state index is 13.6. The van der Waals surface area contributed by atoms with Crippen molar-refractivity contribution in [3.63, 3.8) is 0 Å². The van der Waals surface area contributed by atoms with Crippen LogP contribution in [0.1, 0.15) is 11.1 Å². The second-order valence-electron chi connectivity index (χ2n) is 4.84. The quantitative estimate of drug-likeness (QED) is 0.879. The summed E-state index contributed by atoms with van der Waals surface area (Å²) < 4.78 is 51.3. The third kappa shape index (κ3) is 3.62. The minimum Gasteiger partial charge on any atom is -0.496 e. The molecule has 23 heavy (non-hydrogen) atoms. The lowest BCUT2D eigenvalue weighted by molar-refractivity contribution is 0.380. The fourth-order valence-corrected chi connectivity index (χ4v) is 3.46. The van der Waals surface area contributed by atoms with E-state index in [1.165, 1.54) is 32.4 Å². The van der Waals surface area contributed by atoms with Crippen LogP contribution in [0.4, 0.5) is 4.39 Å². The standard InChI is InChI=1S/C16H18FNO4S/c1-11-14(21-2)8-9-15(16(11)22-3)23(19,20)18-10-12-6-4-5-7-13(12)17/h4-9,18H,10H2,1-3H3. The normalized spacial score (nSPS) is 11.3. The summed E-state index contributed by atoms with van der Waals surface area (Å²) >= 11 is 0. The average molecular weight is 339 g/mol. The third-order valence-corrected chi connectivity index (χ3v) is 4.87. The second kappa shape index (κ2) is 6.97. The van der Waals surface area contributed by atoms with Crippen molar-refractivity contribution in [1.29, 1.82) is 0 Å². The Morgan fingerprint density at radius 3 is 2.39 bits per heavy atom. The Balaban J connectivity index is 2.33. The zero-order valence-corrected chi connectivity index (χ0v) is 13.9. The van der Waals surface area contributed by atoms with Crippen LogP contribution in [-0.4, -0.2) is 22.6 Å². The fourth-order valence-electron chi connectivity index (χ4n) is 2.23. The second-order valence-corrected chi connectivity index (χ2v) is 6.58. The van der Waals surface area contributed by atoms with E-state index in [2.05, 4.69) is 4.72 Å². The summed E-state index contributed by atoms with van der Waals surface area (Å²) in [5.41, 5.74) is 0.837. The summed E-state index contributed by atoms with van der Waals surface area (Å²) in [6, 6.07) is 8.94. The summed E-state index contributed by atoms with van der Waals surface area (Å²) in [7, 11) is -0.984. The largest absolute Gasteiger partial charge is 0.496 e. The van der Waals surface area contributed by atoms with E-state index in [1.54, 1.807) is 25.1 Å². The molecular weight excluding hydrogens is 321 g/mol. The highest BCUT2D eigenvalue weighted by Crippen LogP contribution is 2.34. The molecule has 0 aliphatic carbocycles. The Bertz CT molecular complexity index is 806. The molecule has 0 heterocycles. The smallest absolute Gasteiger partial charge is 0.244 e. The lowest BCUT2D eigenvalue weighted by Crippen LogP contribution is -2.24. The first kappa shape index (κ1) is 17.2. The minimum absolute atomic E-state index is 0.0189. The van der Waals surface area contributed by atoms with Crippen LogP contribution in [0.5, 0.6) is 11.5 Å². The van der Waals surface area contributed by atoms with Crippen LogP contribution in [0, 0.1) is 12.7 Å². The maximum Gasteiger partial charge on any atom is 0.244 e. The van der Waals surface area contributed by atoms with Crippen molar-refractivity contribution in [3.8, 4) is 11.5 Å². The maximum atomic E-state index is 13.6. The van der Waals surface area contributed by atoms with E-state index in [-0.39, 0.29) is 22.8 Å². The number of hydrogen-bond acceptors (Lipinski definition) is 4. The molecule has 0 atom stereocenters. The fraction of sp³-hybridized carbons (Fsp3) is 0.250. The predicted octanol–water partition coefficient (Wildman–Crippen LogP) is 2.63. The molecule has 0 fully saturated rings. The lowest BCUT2D eigenvalue weighted by atomic mass is 10.2. The van der Waals surface area contributed by atoms with E-state index >= 15 is 0 Å². The molecule has 0 unspecified atom stereocenters. The van der Waals surface area contributed by atoms with Crippen LogP contribution in [0.15, 0.2) is 41.3 Å². The van der Waals surface area contributed by atoms with Gasteiger partial charge in [-0.15, -0.1) is 0 Å². The molecule has 0 saturated carbocycles. The number of rotatable bonds is 6. The molecule has 7 heteroatoms. The van der Waals surface area contributed by atoms with Crippen molar-refractivity contribution < 1.29 is 22.3 Å². The van der Waals surface area contributed by atoms with Crippen molar-refractivity contribution in [2.45, 2.75) is 18.4 Å². The van der Waals surface area contributed by atoms with Gasteiger partial charge in [-0.2, -0.15) is 0 Å². The zero-order valence-electron chi connectivity index (χ0n) is 13.1. The van der Waals surface area contributed by atoms with Crippen molar-refractivity contribution in [2.24, 2.45) is 0 Å². The third-order valence-electron chi connectivity index (χ3n) is 3.44. The molecular formula is C16H18FNO4S. The van der Waals surface area contributed by atoms with E-state index in [4.69, 9.17) is 9.47 Å². The summed E-state index contributed by atoms with van der Waals surface area (Å²) in [5.74, 6) is 0.258. The van der Waals surface area contributed by atoms with E-state index in [0.29, 0.717) is 11.3 Å². The number of sulfonamides is 1. The first-order chi connectivity index (χ1) is 10.9. The van der Waals surface area contributed by atoms with Gasteiger partial charge in [0.05, 0.1) is 14.2 Å². The Hall–Kier alpha value is -2.12. The Kier molecular flexibility index (Phi) is 5.23. The Morgan fingerprint density at radius 2 is 1.78 bits per heavy atom. The van der Waals surface area contributed by atoms with Gasteiger partial charge in [0, 0.05) is 17.7 Å².